The lowest BCUT2D eigenvalue weighted by Crippen LogP contribution is -2.38. The van der Waals surface area contributed by atoms with Gasteiger partial charge in [0.2, 0.25) is 10.0 Å². The van der Waals surface area contributed by atoms with Crippen LogP contribution in [0.5, 0.6) is 0 Å². The first kappa shape index (κ1) is 14.9. The summed E-state index contributed by atoms with van der Waals surface area (Å²) in [6, 6.07) is 2.61. The fraction of sp³-hybridized carbons (Fsp3) is 0.417. The van der Waals surface area contributed by atoms with E-state index in [0.29, 0.717) is 12.8 Å². The number of halogens is 1. The first-order valence-corrected chi connectivity index (χ1v) is 7.48. The lowest BCUT2D eigenvalue weighted by Gasteiger charge is -2.31. The van der Waals surface area contributed by atoms with Crippen LogP contribution in [0.2, 0.25) is 0 Å². The van der Waals surface area contributed by atoms with Crippen molar-refractivity contribution >= 4 is 16.0 Å². The first-order chi connectivity index (χ1) is 9.29. The van der Waals surface area contributed by atoms with E-state index in [4.69, 9.17) is 10.2 Å². The van der Waals surface area contributed by atoms with Crippen LogP contribution in [0.1, 0.15) is 23.2 Å². The number of aromatic carboxylic acids is 1. The summed E-state index contributed by atoms with van der Waals surface area (Å²) in [5.74, 6) is -2.45. The van der Waals surface area contributed by atoms with Crippen LogP contribution < -0.4 is 4.72 Å². The third-order valence-corrected chi connectivity index (χ3v) is 4.67. The number of carbonyl (C=O) groups is 1. The summed E-state index contributed by atoms with van der Waals surface area (Å²) >= 11 is 0. The number of hydrogen-bond acceptors (Lipinski definition) is 4. The quantitative estimate of drug-likeness (QED) is 0.738. The van der Waals surface area contributed by atoms with E-state index < -0.39 is 27.4 Å². The Kier molecular flexibility index (Phi) is 4.07. The monoisotopic (exact) mass is 303 g/mol. The molecule has 1 aromatic rings. The average molecular weight is 303 g/mol. The van der Waals surface area contributed by atoms with Crippen molar-refractivity contribution in [1.29, 1.82) is 0 Å². The van der Waals surface area contributed by atoms with Crippen LogP contribution in [0.25, 0.3) is 0 Å². The van der Waals surface area contributed by atoms with Gasteiger partial charge < -0.3 is 10.2 Å². The Labute approximate surface area is 115 Å². The van der Waals surface area contributed by atoms with Crippen molar-refractivity contribution in [2.24, 2.45) is 5.92 Å². The molecule has 1 aliphatic rings. The number of benzene rings is 1. The van der Waals surface area contributed by atoms with Crippen LogP contribution in [0, 0.1) is 11.7 Å². The number of aliphatic hydroxyl groups is 1. The number of hydrogen-bond donors (Lipinski definition) is 3. The van der Waals surface area contributed by atoms with Crippen molar-refractivity contribution in [2.75, 3.05) is 6.54 Å². The van der Waals surface area contributed by atoms with Gasteiger partial charge in [-0.3, -0.25) is 0 Å². The second kappa shape index (κ2) is 5.47. The van der Waals surface area contributed by atoms with Gasteiger partial charge >= 0.3 is 5.97 Å². The van der Waals surface area contributed by atoms with E-state index in [0.717, 1.165) is 18.2 Å². The molecule has 0 spiro atoms. The molecule has 0 atom stereocenters. The molecule has 110 valence electrons. The van der Waals surface area contributed by atoms with Gasteiger partial charge in [-0.25, -0.2) is 22.3 Å². The van der Waals surface area contributed by atoms with Crippen molar-refractivity contribution in [3.05, 3.63) is 29.6 Å². The molecular formula is C12H14FNO5S. The second-order valence-electron chi connectivity index (χ2n) is 4.79. The van der Waals surface area contributed by atoms with Crippen LogP contribution in [0.3, 0.4) is 0 Å². The molecule has 20 heavy (non-hydrogen) atoms. The van der Waals surface area contributed by atoms with Gasteiger partial charge in [0, 0.05) is 6.54 Å². The average Bonchev–Trinajstić information content (AvgIpc) is 2.33. The highest BCUT2D eigenvalue weighted by Gasteiger charge is 2.28. The van der Waals surface area contributed by atoms with Gasteiger partial charge in [0.1, 0.15) is 5.82 Å². The molecule has 8 heteroatoms. The maximum Gasteiger partial charge on any atom is 0.338 e. The Morgan fingerprint density at radius 1 is 1.40 bits per heavy atom. The van der Waals surface area contributed by atoms with Crippen LogP contribution in [0.4, 0.5) is 4.39 Å². The highest BCUT2D eigenvalue weighted by molar-refractivity contribution is 7.89. The van der Waals surface area contributed by atoms with Gasteiger partial charge in [-0.05, 0) is 37.0 Å². The van der Waals surface area contributed by atoms with Gasteiger partial charge in [-0.15, -0.1) is 0 Å². The van der Waals surface area contributed by atoms with E-state index in [9.17, 15) is 17.6 Å². The van der Waals surface area contributed by atoms with Gasteiger partial charge in [-0.1, -0.05) is 0 Å². The minimum Gasteiger partial charge on any atom is -0.478 e. The third kappa shape index (κ3) is 3.14. The molecule has 0 aliphatic heterocycles. The molecule has 1 fully saturated rings. The molecule has 0 amide bonds. The molecule has 1 saturated carbocycles. The highest BCUT2D eigenvalue weighted by atomic mass is 32.2. The van der Waals surface area contributed by atoms with E-state index in [1.54, 1.807) is 0 Å². The topological polar surface area (TPSA) is 104 Å². The summed E-state index contributed by atoms with van der Waals surface area (Å²) in [7, 11) is -3.88. The fourth-order valence-electron chi connectivity index (χ4n) is 2.01. The number of carboxylic acids is 1. The highest BCUT2D eigenvalue weighted by Crippen LogP contribution is 2.26. The summed E-state index contributed by atoms with van der Waals surface area (Å²) in [5.41, 5.74) is -0.688. The van der Waals surface area contributed by atoms with Crippen molar-refractivity contribution in [1.82, 2.24) is 4.72 Å². The SMILES string of the molecule is O=C(O)c1cc(S(=O)(=O)NCC2CC(O)C2)ccc1F. The van der Waals surface area contributed by atoms with E-state index >= 15 is 0 Å². The standard InChI is InChI=1S/C12H14FNO5S/c13-11-2-1-9(5-10(11)12(16)17)20(18,19)14-6-7-3-8(15)4-7/h1-2,5,7-8,14-15H,3-4,6H2,(H,16,17). The van der Waals surface area contributed by atoms with E-state index in [1.807, 2.05) is 0 Å². The second-order valence-corrected chi connectivity index (χ2v) is 6.56. The zero-order valence-electron chi connectivity index (χ0n) is 10.4. The molecule has 0 bridgehead atoms. The summed E-state index contributed by atoms with van der Waals surface area (Å²) in [6.45, 7) is 0.166. The largest absolute Gasteiger partial charge is 0.478 e. The smallest absolute Gasteiger partial charge is 0.338 e. The van der Waals surface area contributed by atoms with Crippen LogP contribution in [-0.4, -0.2) is 37.2 Å². The Morgan fingerprint density at radius 2 is 2.05 bits per heavy atom. The molecule has 0 heterocycles. The Morgan fingerprint density at radius 3 is 2.60 bits per heavy atom. The number of aliphatic hydroxyl groups excluding tert-OH is 1. The summed E-state index contributed by atoms with van der Waals surface area (Å²) in [6.07, 6.45) is 0.687. The first-order valence-electron chi connectivity index (χ1n) is 6.00. The number of nitrogens with one attached hydrogen (secondary N) is 1. The van der Waals surface area contributed by atoms with Gasteiger partial charge in [0.05, 0.1) is 16.6 Å². The lowest BCUT2D eigenvalue weighted by atomic mass is 9.83. The molecular weight excluding hydrogens is 289 g/mol. The Balaban J connectivity index is 2.12. The van der Waals surface area contributed by atoms with E-state index in [1.165, 1.54) is 0 Å². The summed E-state index contributed by atoms with van der Waals surface area (Å²) in [5, 5.41) is 17.9. The van der Waals surface area contributed by atoms with E-state index in [2.05, 4.69) is 4.72 Å². The molecule has 0 aromatic heterocycles. The molecule has 2 rings (SSSR count). The molecule has 0 unspecified atom stereocenters. The minimum absolute atomic E-state index is 0.0687. The molecule has 6 nitrogen and oxygen atoms in total. The molecule has 0 radical (unpaired) electrons. The fourth-order valence-corrected chi connectivity index (χ4v) is 3.16. The van der Waals surface area contributed by atoms with Crippen molar-refractivity contribution in [3.8, 4) is 0 Å². The summed E-state index contributed by atoms with van der Waals surface area (Å²) < 4.78 is 39.4. The third-order valence-electron chi connectivity index (χ3n) is 3.25. The Bertz CT molecular complexity index is 625. The van der Waals surface area contributed by atoms with E-state index in [-0.39, 0.29) is 23.5 Å². The maximum atomic E-state index is 13.2. The van der Waals surface area contributed by atoms with Crippen molar-refractivity contribution in [2.45, 2.75) is 23.8 Å². The van der Waals surface area contributed by atoms with Crippen LogP contribution in [-0.2, 0) is 10.0 Å². The zero-order chi connectivity index (χ0) is 14.9. The minimum atomic E-state index is -3.88. The number of sulfonamides is 1. The van der Waals surface area contributed by atoms with Gasteiger partial charge in [0.25, 0.3) is 0 Å². The normalized spacial score (nSPS) is 22.3. The molecule has 1 aliphatic carbocycles. The van der Waals surface area contributed by atoms with Gasteiger partial charge in [0.15, 0.2) is 0 Å². The number of rotatable bonds is 5. The molecule has 0 saturated heterocycles. The predicted molar refractivity (Wildman–Crippen MR) is 67.3 cm³/mol. The van der Waals surface area contributed by atoms with Crippen molar-refractivity contribution in [3.63, 3.8) is 0 Å². The maximum absolute atomic E-state index is 13.2. The van der Waals surface area contributed by atoms with Gasteiger partial charge in [-0.2, -0.15) is 0 Å². The van der Waals surface area contributed by atoms with Crippen molar-refractivity contribution < 1.29 is 27.8 Å². The lowest BCUT2D eigenvalue weighted by molar-refractivity contribution is 0.0453. The Hall–Kier alpha value is -1.51. The molecule has 3 N–H and O–H groups in total. The van der Waals surface area contributed by atoms with Crippen LogP contribution >= 0.6 is 0 Å². The summed E-state index contributed by atoms with van der Waals surface area (Å²) in [4.78, 5) is 10.5. The number of carboxylic acid groups (broad SMARTS) is 1. The van der Waals surface area contributed by atoms with Crippen LogP contribution in [0.15, 0.2) is 23.1 Å². The molecule has 1 aromatic carbocycles. The zero-order valence-corrected chi connectivity index (χ0v) is 11.2. The predicted octanol–water partition coefficient (Wildman–Crippen LogP) is 0.573.